The van der Waals surface area contributed by atoms with Gasteiger partial charge < -0.3 is 10.1 Å². The van der Waals surface area contributed by atoms with E-state index >= 15 is 0 Å². The molecule has 6 rings (SSSR count). The summed E-state index contributed by atoms with van der Waals surface area (Å²) in [6, 6.07) is 33.7. The van der Waals surface area contributed by atoms with Gasteiger partial charge in [0.1, 0.15) is 0 Å². The number of nitrogens with zero attached hydrogens (tertiary/aromatic N) is 3. The smallest absolute Gasteiger partial charge is 0.166 e. The van der Waals surface area contributed by atoms with E-state index in [4.69, 9.17) is 19.7 Å². The maximum absolute atomic E-state index is 6.14. The Morgan fingerprint density at radius 2 is 1.06 bits per heavy atom. The molecule has 1 aliphatic heterocycles. The molecule has 152 valence electrons. The highest BCUT2D eigenvalue weighted by Crippen LogP contribution is 2.45. The summed E-state index contributed by atoms with van der Waals surface area (Å²) < 4.78 is 6.14. The molecular weight excluding hydrogens is 396 g/mol. The lowest BCUT2D eigenvalue weighted by atomic mass is 10.1. The van der Waals surface area contributed by atoms with Crippen LogP contribution in [0.2, 0.25) is 0 Å². The van der Waals surface area contributed by atoms with Gasteiger partial charge in [-0.25, -0.2) is 15.0 Å². The fourth-order valence-corrected chi connectivity index (χ4v) is 3.77. The fraction of sp³-hybridized carbons (Fsp3) is 0. The lowest BCUT2D eigenvalue weighted by Gasteiger charge is -2.23. The minimum Gasteiger partial charge on any atom is -0.453 e. The van der Waals surface area contributed by atoms with E-state index in [2.05, 4.69) is 5.32 Å². The molecule has 5 heteroatoms. The Hall–Kier alpha value is -4.51. The number of hydrogen-bond donors (Lipinski definition) is 1. The van der Waals surface area contributed by atoms with Crippen LogP contribution in [0.5, 0.6) is 11.5 Å². The summed E-state index contributed by atoms with van der Waals surface area (Å²) in [7, 11) is 0. The van der Waals surface area contributed by atoms with Crippen LogP contribution in [0.1, 0.15) is 0 Å². The molecule has 5 aromatic rings. The second-order valence-electron chi connectivity index (χ2n) is 7.44. The van der Waals surface area contributed by atoms with Crippen molar-refractivity contribution in [2.75, 3.05) is 5.32 Å². The molecule has 0 spiro atoms. The van der Waals surface area contributed by atoms with Gasteiger partial charge in [-0.15, -0.1) is 0 Å². The minimum atomic E-state index is 0.588. The summed E-state index contributed by atoms with van der Waals surface area (Å²) >= 11 is 0. The van der Waals surface area contributed by atoms with Crippen LogP contribution >= 0.6 is 0 Å². The second kappa shape index (κ2) is 7.63. The van der Waals surface area contributed by atoms with E-state index in [0.29, 0.717) is 17.5 Å². The summed E-state index contributed by atoms with van der Waals surface area (Å²) in [5, 5.41) is 3.50. The number of aromatic nitrogens is 3. The molecule has 1 N–H and O–H groups in total. The monoisotopic (exact) mass is 414 g/mol. The Morgan fingerprint density at radius 1 is 0.500 bits per heavy atom. The zero-order valence-corrected chi connectivity index (χ0v) is 17.1. The normalized spacial score (nSPS) is 11.6. The van der Waals surface area contributed by atoms with E-state index in [1.165, 1.54) is 0 Å². The summed E-state index contributed by atoms with van der Waals surface area (Å²) in [5.41, 5.74) is 4.48. The predicted octanol–water partition coefficient (Wildman–Crippen LogP) is 6.72. The average molecular weight is 414 g/mol. The van der Waals surface area contributed by atoms with Crippen molar-refractivity contribution >= 4 is 11.4 Å². The van der Waals surface area contributed by atoms with Crippen LogP contribution < -0.4 is 10.1 Å². The van der Waals surface area contributed by atoms with Gasteiger partial charge in [0.25, 0.3) is 0 Å². The largest absolute Gasteiger partial charge is 0.453 e. The van der Waals surface area contributed by atoms with Gasteiger partial charge in [-0.05, 0) is 24.3 Å². The maximum atomic E-state index is 6.14. The molecule has 32 heavy (non-hydrogen) atoms. The zero-order valence-electron chi connectivity index (χ0n) is 17.1. The summed E-state index contributed by atoms with van der Waals surface area (Å²) in [4.78, 5) is 14.5. The Labute approximate surface area is 185 Å². The van der Waals surface area contributed by atoms with Crippen LogP contribution in [0.25, 0.3) is 34.2 Å². The summed E-state index contributed by atoms with van der Waals surface area (Å²) in [6.45, 7) is 0. The van der Waals surface area contributed by atoms with Gasteiger partial charge in [0.2, 0.25) is 0 Å². The van der Waals surface area contributed by atoms with Crippen molar-refractivity contribution in [3.8, 4) is 45.7 Å². The highest BCUT2D eigenvalue weighted by Gasteiger charge is 2.22. The van der Waals surface area contributed by atoms with E-state index in [-0.39, 0.29) is 0 Å². The molecule has 0 bridgehead atoms. The van der Waals surface area contributed by atoms with Crippen molar-refractivity contribution in [1.82, 2.24) is 15.0 Å². The van der Waals surface area contributed by atoms with Crippen molar-refractivity contribution in [3.05, 3.63) is 103 Å². The molecule has 0 fully saturated rings. The van der Waals surface area contributed by atoms with E-state index < -0.39 is 0 Å². The van der Waals surface area contributed by atoms with E-state index in [0.717, 1.165) is 39.6 Å². The molecule has 0 amide bonds. The number of anilines is 2. The van der Waals surface area contributed by atoms with E-state index in [1.54, 1.807) is 0 Å². The number of rotatable bonds is 3. The van der Waals surface area contributed by atoms with Gasteiger partial charge in [0, 0.05) is 16.7 Å². The van der Waals surface area contributed by atoms with Gasteiger partial charge in [0.05, 0.1) is 11.4 Å². The first-order valence-electron chi connectivity index (χ1n) is 10.4. The summed E-state index contributed by atoms with van der Waals surface area (Å²) in [5.74, 6) is 3.38. The first kappa shape index (κ1) is 18.3. The van der Waals surface area contributed by atoms with Crippen molar-refractivity contribution in [3.63, 3.8) is 0 Å². The molecule has 0 radical (unpaired) electrons. The van der Waals surface area contributed by atoms with Crippen molar-refractivity contribution in [2.45, 2.75) is 0 Å². The topological polar surface area (TPSA) is 59.9 Å². The molecule has 2 heterocycles. The van der Waals surface area contributed by atoms with Gasteiger partial charge in [-0.1, -0.05) is 78.9 Å². The number of para-hydroxylation sites is 3. The molecule has 0 aliphatic carbocycles. The van der Waals surface area contributed by atoms with Crippen LogP contribution in [-0.4, -0.2) is 15.0 Å². The fourth-order valence-electron chi connectivity index (χ4n) is 3.77. The van der Waals surface area contributed by atoms with Crippen LogP contribution in [0, 0.1) is 0 Å². The lowest BCUT2D eigenvalue weighted by molar-refractivity contribution is 0.481. The number of fused-ring (bicyclic) bond motifs is 2. The minimum absolute atomic E-state index is 0.588. The number of nitrogens with one attached hydrogen (secondary N) is 1. The zero-order chi connectivity index (χ0) is 21.3. The first-order chi connectivity index (χ1) is 15.8. The Bertz CT molecular complexity index is 1360. The molecule has 0 atom stereocenters. The number of hydrogen-bond acceptors (Lipinski definition) is 5. The molecule has 4 aromatic carbocycles. The average Bonchev–Trinajstić information content (AvgIpc) is 2.88. The second-order valence-corrected chi connectivity index (χ2v) is 7.44. The molecule has 1 aromatic heterocycles. The van der Waals surface area contributed by atoms with Crippen LogP contribution in [0.3, 0.4) is 0 Å². The Balaban J connectivity index is 1.54. The predicted molar refractivity (Wildman–Crippen MR) is 126 cm³/mol. The third kappa shape index (κ3) is 3.26. The SMILES string of the molecule is c1ccc(-c2nc(-c3ccccc3)nc(-c3cccc4c3Nc3ccccc3O4)n2)cc1. The Kier molecular flexibility index (Phi) is 4.36. The molecular formula is C27H18N4O. The van der Waals surface area contributed by atoms with Gasteiger partial charge in [-0.2, -0.15) is 0 Å². The molecule has 5 nitrogen and oxygen atoms in total. The van der Waals surface area contributed by atoms with Crippen molar-refractivity contribution in [2.24, 2.45) is 0 Å². The quantitative estimate of drug-likeness (QED) is 0.348. The number of ether oxygens (including phenoxy) is 1. The third-order valence-electron chi connectivity index (χ3n) is 5.33. The van der Waals surface area contributed by atoms with Crippen LogP contribution in [0.15, 0.2) is 103 Å². The molecule has 0 saturated carbocycles. The van der Waals surface area contributed by atoms with Crippen molar-refractivity contribution in [1.29, 1.82) is 0 Å². The summed E-state index contributed by atoms with van der Waals surface area (Å²) in [6.07, 6.45) is 0. The van der Waals surface area contributed by atoms with Crippen molar-refractivity contribution < 1.29 is 4.74 Å². The van der Waals surface area contributed by atoms with E-state index in [1.807, 2.05) is 103 Å². The molecule has 1 aliphatic rings. The van der Waals surface area contributed by atoms with Crippen LogP contribution in [0.4, 0.5) is 11.4 Å². The Morgan fingerprint density at radius 3 is 1.75 bits per heavy atom. The highest BCUT2D eigenvalue weighted by atomic mass is 16.5. The maximum Gasteiger partial charge on any atom is 0.166 e. The van der Waals surface area contributed by atoms with Gasteiger partial charge in [0.15, 0.2) is 29.0 Å². The lowest BCUT2D eigenvalue weighted by Crippen LogP contribution is -2.06. The van der Waals surface area contributed by atoms with Gasteiger partial charge in [-0.3, -0.25) is 0 Å². The van der Waals surface area contributed by atoms with Crippen LogP contribution in [-0.2, 0) is 0 Å². The third-order valence-corrected chi connectivity index (χ3v) is 5.33. The van der Waals surface area contributed by atoms with E-state index in [9.17, 15) is 0 Å². The molecule has 0 saturated heterocycles. The first-order valence-corrected chi connectivity index (χ1v) is 10.4. The molecule has 0 unspecified atom stereocenters. The highest BCUT2D eigenvalue weighted by molar-refractivity contribution is 5.87. The number of benzene rings is 4. The van der Waals surface area contributed by atoms with Gasteiger partial charge >= 0.3 is 0 Å². The standard InChI is InChI=1S/C27H18N4O/c1-3-10-18(11-4-1)25-29-26(19-12-5-2-6-13-19)31-27(30-25)20-14-9-17-23-24(20)28-21-15-7-8-16-22(21)32-23/h1-17,28H.